The van der Waals surface area contributed by atoms with Gasteiger partial charge in [-0.05, 0) is 61.9 Å². The molecule has 1 atom stereocenters. The number of halogens is 1. The molecule has 1 aliphatic carbocycles. The van der Waals surface area contributed by atoms with E-state index in [1.807, 2.05) is 6.07 Å². The number of carboxylic acid groups (broad SMARTS) is 1. The lowest BCUT2D eigenvalue weighted by Crippen LogP contribution is -2.48. The van der Waals surface area contributed by atoms with Gasteiger partial charge in [-0.3, -0.25) is 9.69 Å². The molecule has 4 rings (SSSR count). The van der Waals surface area contributed by atoms with E-state index in [-0.39, 0.29) is 11.7 Å². The first kappa shape index (κ1) is 22.0. The number of aliphatic carboxylic acids is 1. The van der Waals surface area contributed by atoms with Gasteiger partial charge in [0.15, 0.2) is 0 Å². The van der Waals surface area contributed by atoms with Crippen LogP contribution in [0.1, 0.15) is 38.5 Å². The Labute approximate surface area is 183 Å². The van der Waals surface area contributed by atoms with Gasteiger partial charge in [-0.1, -0.05) is 25.3 Å². The van der Waals surface area contributed by atoms with Gasteiger partial charge in [0.25, 0.3) is 0 Å². The average molecular weight is 429 g/mol. The molecule has 1 saturated carbocycles. The van der Waals surface area contributed by atoms with Crippen molar-refractivity contribution >= 4 is 22.6 Å². The van der Waals surface area contributed by atoms with Crippen molar-refractivity contribution in [3.05, 3.63) is 36.3 Å². The number of benzene rings is 1. The summed E-state index contributed by atoms with van der Waals surface area (Å²) in [4.78, 5) is 20.9. The number of carboxylic acids is 1. The van der Waals surface area contributed by atoms with Crippen LogP contribution in [0.15, 0.2) is 30.5 Å². The first-order valence-electron chi connectivity index (χ1n) is 11.6. The zero-order chi connectivity index (χ0) is 21.6. The van der Waals surface area contributed by atoms with Gasteiger partial charge in [0.1, 0.15) is 17.7 Å². The van der Waals surface area contributed by atoms with Crippen molar-refractivity contribution in [2.75, 3.05) is 44.2 Å². The molecule has 0 amide bonds. The molecule has 2 aromatic rings. The first-order valence-corrected chi connectivity index (χ1v) is 11.6. The Morgan fingerprint density at radius 1 is 1.16 bits per heavy atom. The molecule has 2 aliphatic rings. The summed E-state index contributed by atoms with van der Waals surface area (Å²) >= 11 is 0. The highest BCUT2D eigenvalue weighted by Crippen LogP contribution is 2.27. The molecule has 2 fully saturated rings. The van der Waals surface area contributed by atoms with Crippen LogP contribution in [0.25, 0.3) is 10.8 Å². The minimum atomic E-state index is -0.709. The zero-order valence-electron chi connectivity index (χ0n) is 18.1. The molecular weight excluding hydrogens is 395 g/mol. The Bertz CT molecular complexity index is 879. The van der Waals surface area contributed by atoms with Gasteiger partial charge in [-0.2, -0.15) is 0 Å². The molecule has 2 heterocycles. The molecule has 1 aromatic carbocycles. The number of hydrogen-bond acceptors (Lipinski definition) is 5. The molecule has 1 saturated heterocycles. The van der Waals surface area contributed by atoms with Gasteiger partial charge < -0.3 is 15.3 Å². The molecule has 1 aromatic heterocycles. The molecular formula is C24H33FN4O2. The second-order valence-electron chi connectivity index (χ2n) is 8.85. The number of nitrogens with zero attached hydrogens (tertiary/aromatic N) is 3. The van der Waals surface area contributed by atoms with E-state index in [4.69, 9.17) is 0 Å². The summed E-state index contributed by atoms with van der Waals surface area (Å²) < 4.78 is 13.7. The quantitative estimate of drug-likeness (QED) is 0.627. The van der Waals surface area contributed by atoms with Crippen LogP contribution >= 0.6 is 0 Å². The fourth-order valence-corrected chi connectivity index (χ4v) is 5.04. The highest BCUT2D eigenvalue weighted by molar-refractivity contribution is 5.92. The van der Waals surface area contributed by atoms with Crippen molar-refractivity contribution in [1.82, 2.24) is 15.2 Å². The number of piperazine rings is 1. The molecule has 0 spiro atoms. The molecule has 1 unspecified atom stereocenters. The van der Waals surface area contributed by atoms with E-state index >= 15 is 0 Å². The Hall–Kier alpha value is -2.25. The zero-order valence-corrected chi connectivity index (χ0v) is 18.1. The summed E-state index contributed by atoms with van der Waals surface area (Å²) in [5.41, 5.74) is 0. The van der Waals surface area contributed by atoms with Gasteiger partial charge in [-0.25, -0.2) is 9.37 Å². The van der Waals surface area contributed by atoms with E-state index in [0.717, 1.165) is 88.0 Å². The third kappa shape index (κ3) is 5.52. The Balaban J connectivity index is 1.24. The van der Waals surface area contributed by atoms with Gasteiger partial charge >= 0.3 is 5.97 Å². The summed E-state index contributed by atoms with van der Waals surface area (Å²) in [7, 11) is 0. The van der Waals surface area contributed by atoms with Crippen molar-refractivity contribution in [2.45, 2.75) is 44.6 Å². The lowest BCUT2D eigenvalue weighted by Gasteiger charge is -2.36. The third-order valence-electron chi connectivity index (χ3n) is 6.78. The first-order chi connectivity index (χ1) is 15.1. The van der Waals surface area contributed by atoms with Gasteiger partial charge in [0.05, 0.1) is 0 Å². The van der Waals surface area contributed by atoms with Gasteiger partial charge in [-0.15, -0.1) is 0 Å². The standard InChI is InChI=1S/C24H33FN4O2/c25-20-8-7-18-9-11-27-23(21(18)17-20)29-15-13-28(14-16-29)12-4-10-26-22(24(30)31)19-5-2-1-3-6-19/h7-9,11,17,19,22,26H,1-6,10,12-16H2,(H,30,31). The lowest BCUT2D eigenvalue weighted by atomic mass is 9.84. The van der Waals surface area contributed by atoms with Crippen LogP contribution < -0.4 is 10.2 Å². The van der Waals surface area contributed by atoms with Crippen molar-refractivity contribution in [3.63, 3.8) is 0 Å². The summed E-state index contributed by atoms with van der Waals surface area (Å²) in [6.45, 7) is 5.26. The number of carbonyl (C=O) groups is 1. The number of hydrogen-bond donors (Lipinski definition) is 2. The molecule has 0 radical (unpaired) electrons. The minimum absolute atomic E-state index is 0.235. The van der Waals surface area contributed by atoms with Crippen LogP contribution in [0.4, 0.5) is 10.2 Å². The topological polar surface area (TPSA) is 68.7 Å². The van der Waals surface area contributed by atoms with Gasteiger partial charge in [0, 0.05) is 37.8 Å². The molecule has 6 nitrogen and oxygen atoms in total. The second-order valence-corrected chi connectivity index (χ2v) is 8.85. The number of anilines is 1. The average Bonchev–Trinajstić information content (AvgIpc) is 2.79. The van der Waals surface area contributed by atoms with Crippen LogP contribution in [0.2, 0.25) is 0 Å². The molecule has 7 heteroatoms. The number of pyridine rings is 1. The second kappa shape index (κ2) is 10.4. The van der Waals surface area contributed by atoms with Crippen LogP contribution in [0.3, 0.4) is 0 Å². The number of fused-ring (bicyclic) bond motifs is 1. The summed E-state index contributed by atoms with van der Waals surface area (Å²) in [5.74, 6) is 0.184. The maximum Gasteiger partial charge on any atom is 0.320 e. The molecule has 168 valence electrons. The highest BCUT2D eigenvalue weighted by atomic mass is 19.1. The van der Waals surface area contributed by atoms with Crippen LogP contribution in [-0.4, -0.2) is 66.3 Å². The van der Waals surface area contributed by atoms with E-state index < -0.39 is 12.0 Å². The number of rotatable bonds is 8. The predicted molar refractivity (Wildman–Crippen MR) is 121 cm³/mol. The highest BCUT2D eigenvalue weighted by Gasteiger charge is 2.28. The fourth-order valence-electron chi connectivity index (χ4n) is 5.04. The monoisotopic (exact) mass is 428 g/mol. The Kier molecular flexibility index (Phi) is 7.35. The van der Waals surface area contributed by atoms with E-state index in [2.05, 4.69) is 20.1 Å². The van der Waals surface area contributed by atoms with Crippen LogP contribution in [0.5, 0.6) is 0 Å². The minimum Gasteiger partial charge on any atom is -0.480 e. The smallest absolute Gasteiger partial charge is 0.320 e. The summed E-state index contributed by atoms with van der Waals surface area (Å²) in [5, 5.41) is 14.8. The predicted octanol–water partition coefficient (Wildman–Crippen LogP) is 3.51. The molecule has 31 heavy (non-hydrogen) atoms. The molecule has 0 bridgehead atoms. The Morgan fingerprint density at radius 2 is 1.94 bits per heavy atom. The molecule has 1 aliphatic heterocycles. The largest absolute Gasteiger partial charge is 0.480 e. The van der Waals surface area contributed by atoms with Crippen LogP contribution in [0, 0.1) is 11.7 Å². The van der Waals surface area contributed by atoms with E-state index in [1.165, 1.54) is 12.5 Å². The number of aromatic nitrogens is 1. The van der Waals surface area contributed by atoms with E-state index in [1.54, 1.807) is 18.3 Å². The van der Waals surface area contributed by atoms with Crippen molar-refractivity contribution in [3.8, 4) is 0 Å². The molecule has 2 N–H and O–H groups in total. The van der Waals surface area contributed by atoms with E-state index in [9.17, 15) is 14.3 Å². The van der Waals surface area contributed by atoms with Gasteiger partial charge in [0.2, 0.25) is 0 Å². The number of nitrogens with one attached hydrogen (secondary N) is 1. The third-order valence-corrected chi connectivity index (χ3v) is 6.78. The fraction of sp³-hybridized carbons (Fsp3) is 0.583. The normalized spacial score (nSPS) is 19.6. The summed E-state index contributed by atoms with van der Waals surface area (Å²) in [6.07, 6.45) is 8.32. The maximum absolute atomic E-state index is 13.7. The van der Waals surface area contributed by atoms with Crippen molar-refractivity contribution in [1.29, 1.82) is 0 Å². The van der Waals surface area contributed by atoms with Crippen LogP contribution in [-0.2, 0) is 4.79 Å². The Morgan fingerprint density at radius 3 is 2.68 bits per heavy atom. The maximum atomic E-state index is 13.7. The SMILES string of the molecule is O=C(O)C(NCCCN1CCN(c2nccc3ccc(F)cc23)CC1)C1CCCCC1. The lowest BCUT2D eigenvalue weighted by molar-refractivity contribution is -0.141. The van der Waals surface area contributed by atoms with Crippen molar-refractivity contribution in [2.24, 2.45) is 5.92 Å². The summed E-state index contributed by atoms with van der Waals surface area (Å²) in [6, 6.07) is 6.37. The van der Waals surface area contributed by atoms with E-state index in [0.29, 0.717) is 0 Å². The van der Waals surface area contributed by atoms with Crippen molar-refractivity contribution < 1.29 is 14.3 Å².